The molecule has 0 N–H and O–H groups in total. The molecule has 8 heteroatoms. The minimum Gasteiger partial charge on any atom is -0.466 e. The Bertz CT molecular complexity index is 1300. The molecule has 3 heterocycles. The molecule has 0 radical (unpaired) electrons. The van der Waals surface area contributed by atoms with Crippen molar-refractivity contribution in [3.63, 3.8) is 0 Å². The highest BCUT2D eigenvalue weighted by molar-refractivity contribution is 5.93. The Labute approximate surface area is 210 Å². The van der Waals surface area contributed by atoms with Crippen LogP contribution in [0.15, 0.2) is 30.3 Å². The Morgan fingerprint density at radius 1 is 1.14 bits per heavy atom. The van der Waals surface area contributed by atoms with E-state index in [-0.39, 0.29) is 29.8 Å². The second-order valence-electron chi connectivity index (χ2n) is 9.92. The minimum absolute atomic E-state index is 0.00280. The molecular weight excluding hydrogens is 459 g/mol. The number of amides is 1. The van der Waals surface area contributed by atoms with Gasteiger partial charge in [0.05, 0.1) is 18.2 Å². The van der Waals surface area contributed by atoms with Crippen LogP contribution in [0.3, 0.4) is 0 Å². The second-order valence-corrected chi connectivity index (χ2v) is 9.92. The third-order valence-electron chi connectivity index (χ3n) is 7.47. The van der Waals surface area contributed by atoms with Crippen LogP contribution >= 0.6 is 0 Å². The monoisotopic (exact) mass is 492 g/mol. The molecule has 36 heavy (non-hydrogen) atoms. The average molecular weight is 493 g/mol. The van der Waals surface area contributed by atoms with Crippen LogP contribution in [0.4, 0.5) is 4.39 Å². The lowest BCUT2D eigenvalue weighted by Crippen LogP contribution is -2.38. The van der Waals surface area contributed by atoms with Crippen LogP contribution < -0.4 is 0 Å². The van der Waals surface area contributed by atoms with Gasteiger partial charge in [-0.05, 0) is 69.2 Å². The number of aromatic nitrogens is 3. The molecule has 0 unspecified atom stereocenters. The summed E-state index contributed by atoms with van der Waals surface area (Å²) in [6.07, 6.45) is 5.63. The van der Waals surface area contributed by atoms with Crippen LogP contribution in [0.5, 0.6) is 0 Å². The van der Waals surface area contributed by atoms with Crippen molar-refractivity contribution in [2.45, 2.75) is 71.3 Å². The highest BCUT2D eigenvalue weighted by Gasteiger charge is 2.45. The van der Waals surface area contributed by atoms with E-state index >= 15 is 4.39 Å². The van der Waals surface area contributed by atoms with E-state index in [1.165, 1.54) is 6.07 Å². The van der Waals surface area contributed by atoms with Gasteiger partial charge in [0.25, 0.3) is 5.91 Å². The summed E-state index contributed by atoms with van der Waals surface area (Å²) in [5.41, 5.74) is 3.42. The summed E-state index contributed by atoms with van der Waals surface area (Å²) in [7, 11) is 0. The molecule has 1 aliphatic carbocycles. The molecule has 2 aromatic heterocycles. The first-order valence-electron chi connectivity index (χ1n) is 13.1. The van der Waals surface area contributed by atoms with E-state index in [4.69, 9.17) is 4.74 Å². The Balaban J connectivity index is 1.43. The molecule has 3 aromatic rings. The maximum atomic E-state index is 15.2. The van der Waals surface area contributed by atoms with Crippen molar-refractivity contribution >= 4 is 17.5 Å². The number of esters is 1. The Hall–Kier alpha value is -3.29. The van der Waals surface area contributed by atoms with E-state index in [2.05, 4.69) is 17.0 Å². The van der Waals surface area contributed by atoms with Gasteiger partial charge in [-0.15, -0.1) is 0 Å². The Morgan fingerprint density at radius 3 is 2.72 bits per heavy atom. The number of rotatable bonds is 6. The lowest BCUT2D eigenvalue weighted by molar-refractivity contribution is -0.144. The molecule has 0 bridgehead atoms. The van der Waals surface area contributed by atoms with Gasteiger partial charge in [-0.25, -0.2) is 13.9 Å². The molecule has 5 rings (SSSR count). The summed E-state index contributed by atoms with van der Waals surface area (Å²) in [5.74, 6) is -0.856. The number of ether oxygens (including phenoxy) is 1. The molecule has 2 aliphatic rings. The number of carbonyl (C=O) groups is 2. The van der Waals surface area contributed by atoms with Gasteiger partial charge in [-0.2, -0.15) is 5.10 Å². The van der Waals surface area contributed by atoms with Gasteiger partial charge in [-0.1, -0.05) is 25.8 Å². The minimum atomic E-state index is -0.391. The van der Waals surface area contributed by atoms with Crippen LogP contribution in [-0.2, 0) is 16.0 Å². The van der Waals surface area contributed by atoms with Crippen molar-refractivity contribution < 1.29 is 18.7 Å². The number of hydrogen-bond acceptors (Lipinski definition) is 5. The smallest absolute Gasteiger partial charge is 0.309 e. The lowest BCUT2D eigenvalue weighted by Gasteiger charge is -2.27. The number of likely N-dealkylation sites (tertiary alicyclic amines) is 1. The Kier molecular flexibility index (Phi) is 6.77. The van der Waals surface area contributed by atoms with Crippen LogP contribution in [0, 0.1) is 11.7 Å². The van der Waals surface area contributed by atoms with E-state index in [0.717, 1.165) is 43.5 Å². The number of nitrogens with zero attached hydrogens (tertiary/aromatic N) is 4. The molecule has 0 spiro atoms. The molecule has 7 nitrogen and oxygen atoms in total. The molecule has 190 valence electrons. The van der Waals surface area contributed by atoms with Gasteiger partial charge in [0.2, 0.25) is 0 Å². The average Bonchev–Trinajstić information content (AvgIpc) is 3.61. The summed E-state index contributed by atoms with van der Waals surface area (Å²) >= 11 is 0. The quantitative estimate of drug-likeness (QED) is 0.444. The molecule has 1 aromatic carbocycles. The summed E-state index contributed by atoms with van der Waals surface area (Å²) in [6.45, 7) is 6.98. The topological polar surface area (TPSA) is 76.8 Å². The van der Waals surface area contributed by atoms with Crippen LogP contribution in [0.25, 0.3) is 16.9 Å². The fourth-order valence-corrected chi connectivity index (χ4v) is 5.30. The highest BCUT2D eigenvalue weighted by Crippen LogP contribution is 2.48. The number of carbonyl (C=O) groups excluding carboxylic acids is 2. The predicted octanol–water partition coefficient (Wildman–Crippen LogP) is 5.17. The van der Waals surface area contributed by atoms with E-state index in [1.807, 2.05) is 24.0 Å². The number of aryl methyl sites for hydroxylation is 1. The molecule has 2 fully saturated rings. The number of fused-ring (bicyclic) bond motifs is 1. The fraction of sp³-hybridized carbons (Fsp3) is 0.500. The van der Waals surface area contributed by atoms with E-state index < -0.39 is 5.82 Å². The zero-order chi connectivity index (χ0) is 25.4. The van der Waals surface area contributed by atoms with E-state index in [0.29, 0.717) is 42.0 Å². The van der Waals surface area contributed by atoms with Crippen molar-refractivity contribution in [1.82, 2.24) is 19.5 Å². The van der Waals surface area contributed by atoms with Crippen molar-refractivity contribution in [2.24, 2.45) is 5.92 Å². The fourth-order valence-electron chi connectivity index (χ4n) is 5.30. The van der Waals surface area contributed by atoms with Crippen molar-refractivity contribution in [3.05, 3.63) is 53.1 Å². The van der Waals surface area contributed by atoms with Crippen LogP contribution in [0.2, 0.25) is 0 Å². The van der Waals surface area contributed by atoms with Crippen LogP contribution in [0.1, 0.15) is 80.5 Å². The summed E-state index contributed by atoms with van der Waals surface area (Å²) in [6, 6.07) is 8.79. The second kappa shape index (κ2) is 9.99. The maximum absolute atomic E-state index is 15.2. The SMILES string of the molecule is CCOC(=O)[C@@H]1C[C@H]1c1ccc(-c2cc3nc(C(=O)N4CCCCC[C@H]4C)cc(CC)n3n2)c(F)c1. The molecule has 1 amide bonds. The summed E-state index contributed by atoms with van der Waals surface area (Å²) < 4.78 is 22.0. The third kappa shape index (κ3) is 4.61. The summed E-state index contributed by atoms with van der Waals surface area (Å²) in [5, 5.41) is 4.63. The van der Waals surface area contributed by atoms with Crippen molar-refractivity contribution in [3.8, 4) is 11.3 Å². The Morgan fingerprint density at radius 2 is 1.97 bits per heavy atom. The van der Waals surface area contributed by atoms with E-state index in [9.17, 15) is 9.59 Å². The largest absolute Gasteiger partial charge is 0.466 e. The summed E-state index contributed by atoms with van der Waals surface area (Å²) in [4.78, 5) is 31.9. The van der Waals surface area contributed by atoms with Gasteiger partial charge in [0, 0.05) is 29.9 Å². The van der Waals surface area contributed by atoms with Gasteiger partial charge < -0.3 is 9.64 Å². The standard InChI is InChI=1S/C28H33FN4O3/c1-4-19-14-25(27(34)32-12-8-6-7-9-17(32)3)30-26-16-24(31-33(19)26)20-11-10-18(13-23(20)29)21-15-22(21)28(35)36-5-2/h10-11,13-14,16-17,21-22H,4-9,12,15H2,1-3H3/t17-,21+,22-/m1/s1. The normalized spacial score (nSPS) is 21.9. The molecule has 1 saturated heterocycles. The first-order valence-corrected chi connectivity index (χ1v) is 13.1. The number of benzene rings is 1. The lowest BCUT2D eigenvalue weighted by atomic mass is 10.0. The highest BCUT2D eigenvalue weighted by atomic mass is 19.1. The maximum Gasteiger partial charge on any atom is 0.309 e. The number of hydrogen-bond donors (Lipinski definition) is 0. The van der Waals surface area contributed by atoms with E-state index in [1.54, 1.807) is 23.6 Å². The van der Waals surface area contributed by atoms with Crippen LogP contribution in [-0.4, -0.2) is 50.6 Å². The molecule has 1 aliphatic heterocycles. The van der Waals surface area contributed by atoms with Gasteiger partial charge in [0.15, 0.2) is 5.65 Å². The van der Waals surface area contributed by atoms with Gasteiger partial charge >= 0.3 is 5.97 Å². The molecular formula is C28H33FN4O3. The van der Waals surface area contributed by atoms with Gasteiger partial charge in [0.1, 0.15) is 11.5 Å². The zero-order valence-electron chi connectivity index (χ0n) is 21.2. The third-order valence-corrected chi connectivity index (χ3v) is 7.47. The van der Waals surface area contributed by atoms with Crippen molar-refractivity contribution in [1.29, 1.82) is 0 Å². The number of halogens is 1. The molecule has 1 saturated carbocycles. The van der Waals surface area contributed by atoms with Crippen molar-refractivity contribution in [2.75, 3.05) is 13.2 Å². The first-order chi connectivity index (χ1) is 17.4. The first kappa shape index (κ1) is 24.4. The van der Waals surface area contributed by atoms with Gasteiger partial charge in [-0.3, -0.25) is 9.59 Å². The molecule has 3 atom stereocenters. The predicted molar refractivity (Wildman–Crippen MR) is 134 cm³/mol. The zero-order valence-corrected chi connectivity index (χ0v) is 21.2.